The summed E-state index contributed by atoms with van der Waals surface area (Å²) < 4.78 is 13.0. The second-order valence-electron chi connectivity index (χ2n) is 9.18. The number of nitrogens with zero attached hydrogens (tertiary/aromatic N) is 4. The molecule has 5 rings (SSSR count). The third-order valence-corrected chi connectivity index (χ3v) is 6.23. The molecule has 9 heteroatoms. The van der Waals surface area contributed by atoms with Gasteiger partial charge in [0.1, 0.15) is 5.75 Å². The number of amides is 1. The van der Waals surface area contributed by atoms with Gasteiger partial charge < -0.3 is 20.1 Å². The summed E-state index contributed by atoms with van der Waals surface area (Å²) in [7, 11) is 1.87. The lowest BCUT2D eigenvalue weighted by Crippen LogP contribution is -2.35. The molecule has 186 valence electrons. The Bertz CT molecular complexity index is 1360. The largest absolute Gasteiger partial charge is 0.484 e. The minimum absolute atomic E-state index is 0.0645. The molecule has 0 atom stereocenters. The van der Waals surface area contributed by atoms with E-state index < -0.39 is 0 Å². The molecular weight excluding hydrogens is 456 g/mol. The molecular formula is C27H30N6O3. The first-order valence-electron chi connectivity index (χ1n) is 12.1. The molecule has 1 saturated heterocycles. The maximum absolute atomic E-state index is 12.4. The minimum Gasteiger partial charge on any atom is -0.484 e. The maximum Gasteiger partial charge on any atom is 0.257 e. The van der Waals surface area contributed by atoms with Gasteiger partial charge in [0.2, 0.25) is 5.95 Å². The van der Waals surface area contributed by atoms with Crippen LogP contribution in [0.3, 0.4) is 0 Å². The quantitative estimate of drug-likeness (QED) is 0.388. The van der Waals surface area contributed by atoms with Crippen molar-refractivity contribution < 1.29 is 14.3 Å². The summed E-state index contributed by atoms with van der Waals surface area (Å²) in [6.45, 7) is 4.14. The van der Waals surface area contributed by atoms with E-state index in [4.69, 9.17) is 9.47 Å². The molecule has 9 nitrogen and oxygen atoms in total. The highest BCUT2D eigenvalue weighted by atomic mass is 16.5. The molecule has 1 fully saturated rings. The summed E-state index contributed by atoms with van der Waals surface area (Å²) in [4.78, 5) is 21.5. The van der Waals surface area contributed by atoms with E-state index in [1.165, 1.54) is 0 Å². The van der Waals surface area contributed by atoms with Crippen molar-refractivity contribution in [3.8, 4) is 16.9 Å². The SMILES string of the molecule is Cc1ccc2nc(Nc3cc(OCC(=O)NCC4CCOCC4)cc(-c4cnn(C)c4)c3)ncc2c1. The fourth-order valence-corrected chi connectivity index (χ4v) is 4.24. The molecule has 2 aromatic carbocycles. The van der Waals surface area contributed by atoms with Crippen LogP contribution in [0.4, 0.5) is 11.6 Å². The number of hydrogen-bond acceptors (Lipinski definition) is 7. The van der Waals surface area contributed by atoms with Crippen LogP contribution >= 0.6 is 0 Å². The van der Waals surface area contributed by atoms with Gasteiger partial charge in [0, 0.05) is 61.9 Å². The van der Waals surface area contributed by atoms with Gasteiger partial charge in [0.05, 0.1) is 11.7 Å². The third kappa shape index (κ3) is 5.98. The van der Waals surface area contributed by atoms with E-state index in [1.54, 1.807) is 10.9 Å². The lowest BCUT2D eigenvalue weighted by Gasteiger charge is -2.22. The number of carbonyl (C=O) groups excluding carboxylic acids is 1. The number of aryl methyl sites for hydroxylation is 2. The first-order chi connectivity index (χ1) is 17.5. The van der Waals surface area contributed by atoms with Crippen LogP contribution in [0.25, 0.3) is 22.0 Å². The van der Waals surface area contributed by atoms with Crippen LogP contribution in [-0.4, -0.2) is 52.0 Å². The second kappa shape index (κ2) is 10.7. The van der Waals surface area contributed by atoms with E-state index in [1.807, 2.05) is 56.7 Å². The Hall–Kier alpha value is -3.98. The molecule has 2 aromatic heterocycles. The first-order valence-corrected chi connectivity index (χ1v) is 12.1. The van der Waals surface area contributed by atoms with Crippen LogP contribution in [0.5, 0.6) is 5.75 Å². The van der Waals surface area contributed by atoms with Crippen molar-refractivity contribution in [1.82, 2.24) is 25.1 Å². The summed E-state index contributed by atoms with van der Waals surface area (Å²) in [5, 5.41) is 11.5. The molecule has 0 aliphatic carbocycles. The molecule has 1 aliphatic rings. The number of anilines is 2. The first kappa shape index (κ1) is 23.7. The molecule has 0 spiro atoms. The van der Waals surface area contributed by atoms with Crippen LogP contribution in [0.1, 0.15) is 18.4 Å². The fourth-order valence-electron chi connectivity index (χ4n) is 4.24. The monoisotopic (exact) mass is 486 g/mol. The maximum atomic E-state index is 12.4. The molecule has 0 bridgehead atoms. The molecule has 1 aliphatic heterocycles. The summed E-state index contributed by atoms with van der Waals surface area (Å²) in [5.74, 6) is 1.36. The number of nitrogens with one attached hydrogen (secondary N) is 2. The molecule has 36 heavy (non-hydrogen) atoms. The van der Waals surface area contributed by atoms with Crippen molar-refractivity contribution in [2.45, 2.75) is 19.8 Å². The van der Waals surface area contributed by atoms with Crippen LogP contribution < -0.4 is 15.4 Å². The Morgan fingerprint density at radius 3 is 2.81 bits per heavy atom. The smallest absolute Gasteiger partial charge is 0.257 e. The third-order valence-electron chi connectivity index (χ3n) is 6.23. The fraction of sp³-hybridized carbons (Fsp3) is 0.333. The predicted molar refractivity (Wildman–Crippen MR) is 138 cm³/mol. The van der Waals surface area contributed by atoms with E-state index in [9.17, 15) is 4.79 Å². The highest BCUT2D eigenvalue weighted by molar-refractivity contribution is 5.80. The Morgan fingerprint density at radius 1 is 1.14 bits per heavy atom. The van der Waals surface area contributed by atoms with E-state index in [0.29, 0.717) is 24.2 Å². The highest BCUT2D eigenvalue weighted by Crippen LogP contribution is 2.30. The highest BCUT2D eigenvalue weighted by Gasteiger charge is 2.15. The zero-order chi connectivity index (χ0) is 24.9. The Labute approximate surface area is 209 Å². The van der Waals surface area contributed by atoms with Gasteiger partial charge >= 0.3 is 0 Å². The number of hydrogen-bond donors (Lipinski definition) is 2. The summed E-state index contributed by atoms with van der Waals surface area (Å²) in [6, 6.07) is 11.8. The minimum atomic E-state index is -0.143. The van der Waals surface area contributed by atoms with E-state index in [2.05, 4.69) is 31.8 Å². The van der Waals surface area contributed by atoms with Gasteiger partial charge in [-0.2, -0.15) is 5.10 Å². The van der Waals surface area contributed by atoms with E-state index >= 15 is 0 Å². The van der Waals surface area contributed by atoms with Gasteiger partial charge in [-0.15, -0.1) is 0 Å². The number of aromatic nitrogens is 4. The second-order valence-corrected chi connectivity index (χ2v) is 9.18. The van der Waals surface area contributed by atoms with Gasteiger partial charge in [-0.25, -0.2) is 9.97 Å². The van der Waals surface area contributed by atoms with Gasteiger partial charge in [-0.3, -0.25) is 9.48 Å². The molecule has 0 radical (unpaired) electrons. The van der Waals surface area contributed by atoms with Crippen LogP contribution in [0.2, 0.25) is 0 Å². The normalized spacial score (nSPS) is 14.1. The number of benzene rings is 2. The average molecular weight is 487 g/mol. The van der Waals surface area contributed by atoms with Crippen molar-refractivity contribution >= 4 is 28.4 Å². The van der Waals surface area contributed by atoms with Crippen molar-refractivity contribution in [2.24, 2.45) is 13.0 Å². The summed E-state index contributed by atoms with van der Waals surface area (Å²) in [5.41, 5.74) is 4.61. The van der Waals surface area contributed by atoms with Gasteiger partial charge in [0.25, 0.3) is 5.91 Å². The van der Waals surface area contributed by atoms with Crippen LogP contribution in [0.15, 0.2) is 55.0 Å². The van der Waals surface area contributed by atoms with E-state index in [-0.39, 0.29) is 12.5 Å². The topological polar surface area (TPSA) is 103 Å². The predicted octanol–water partition coefficient (Wildman–Crippen LogP) is 4.00. The standard InChI is InChI=1S/C27H30N6O3/c1-18-3-4-25-21(9-18)14-29-27(32-25)31-23-10-20(22-15-30-33(2)16-22)11-24(12-23)36-17-26(34)28-13-19-5-7-35-8-6-19/h3-4,9-12,14-16,19H,5-8,13,17H2,1-2H3,(H,28,34)(H,29,31,32). The summed E-state index contributed by atoms with van der Waals surface area (Å²) >= 11 is 0. The number of fused-ring (bicyclic) bond motifs is 1. The molecule has 3 heterocycles. The zero-order valence-electron chi connectivity index (χ0n) is 20.5. The van der Waals surface area contributed by atoms with Crippen LogP contribution in [-0.2, 0) is 16.6 Å². The summed E-state index contributed by atoms with van der Waals surface area (Å²) in [6.07, 6.45) is 7.47. The average Bonchev–Trinajstić information content (AvgIpc) is 3.33. The lowest BCUT2D eigenvalue weighted by atomic mass is 10.0. The molecule has 0 unspecified atom stereocenters. The molecule has 2 N–H and O–H groups in total. The van der Waals surface area contributed by atoms with Gasteiger partial charge in [0.15, 0.2) is 6.61 Å². The number of ether oxygens (including phenoxy) is 2. The molecule has 1 amide bonds. The lowest BCUT2D eigenvalue weighted by molar-refractivity contribution is -0.123. The van der Waals surface area contributed by atoms with Crippen molar-refractivity contribution in [2.75, 3.05) is 31.7 Å². The van der Waals surface area contributed by atoms with Crippen molar-refractivity contribution in [1.29, 1.82) is 0 Å². The van der Waals surface area contributed by atoms with E-state index in [0.717, 1.165) is 59.3 Å². The Balaban J connectivity index is 1.32. The van der Waals surface area contributed by atoms with Crippen molar-refractivity contribution in [3.05, 3.63) is 60.6 Å². The molecule has 0 saturated carbocycles. The number of rotatable bonds is 8. The zero-order valence-corrected chi connectivity index (χ0v) is 20.5. The molecule has 4 aromatic rings. The van der Waals surface area contributed by atoms with Gasteiger partial charge in [-0.1, -0.05) is 11.6 Å². The Morgan fingerprint density at radius 2 is 2.00 bits per heavy atom. The Kier molecular flexibility index (Phi) is 7.08. The van der Waals surface area contributed by atoms with Crippen molar-refractivity contribution in [3.63, 3.8) is 0 Å². The van der Waals surface area contributed by atoms with Crippen LogP contribution in [0, 0.1) is 12.8 Å². The number of carbonyl (C=O) groups is 1. The van der Waals surface area contributed by atoms with Gasteiger partial charge in [-0.05, 0) is 55.5 Å².